The van der Waals surface area contributed by atoms with Crippen molar-refractivity contribution in [2.24, 2.45) is 0 Å². The lowest BCUT2D eigenvalue weighted by molar-refractivity contribution is -0.123. The molecule has 6 nitrogen and oxygen atoms in total. The van der Waals surface area contributed by atoms with Crippen molar-refractivity contribution in [2.45, 2.75) is 12.8 Å². The fraction of sp³-hybridized carbons (Fsp3) is 0.150. The van der Waals surface area contributed by atoms with Crippen LogP contribution in [0.4, 0.5) is 0 Å². The molecular weight excluding hydrogens is 330 g/mol. The molecule has 1 aromatic heterocycles. The molecule has 3 aromatic rings. The van der Waals surface area contributed by atoms with Crippen LogP contribution < -0.4 is 15.6 Å². The number of methoxy groups -OCH3 is 1. The van der Waals surface area contributed by atoms with Gasteiger partial charge in [-0.25, -0.2) is 0 Å². The lowest BCUT2D eigenvalue weighted by atomic mass is 9.97. The van der Waals surface area contributed by atoms with Crippen molar-refractivity contribution >= 4 is 22.6 Å². The summed E-state index contributed by atoms with van der Waals surface area (Å²) in [4.78, 5) is 28.2. The molecule has 2 amide bonds. The van der Waals surface area contributed by atoms with Crippen LogP contribution in [0.15, 0.2) is 60.9 Å². The normalized spacial score (nSPS) is 11.6. The maximum Gasteiger partial charge on any atom is 0.271 e. The first kappa shape index (κ1) is 17.4. The van der Waals surface area contributed by atoms with Crippen LogP contribution in [0, 0.1) is 0 Å². The number of pyridine rings is 1. The highest BCUT2D eigenvalue weighted by atomic mass is 16.5. The standard InChI is InChI=1S/C20H19N3O3/c1-13(19(24)22-23-20(25)17-4-3-9-21-12-17)14-5-6-16-11-18(26-2)8-7-15(16)10-14/h3-13H,1-2H3,(H,22,24)(H,23,25)/t13-/m1/s1. The lowest BCUT2D eigenvalue weighted by Gasteiger charge is -2.14. The van der Waals surface area contributed by atoms with E-state index in [1.165, 1.54) is 6.20 Å². The zero-order chi connectivity index (χ0) is 18.5. The van der Waals surface area contributed by atoms with Gasteiger partial charge in [0.25, 0.3) is 5.91 Å². The minimum atomic E-state index is -0.421. The maximum absolute atomic E-state index is 12.4. The number of rotatable bonds is 4. The Bertz CT molecular complexity index is 941. The van der Waals surface area contributed by atoms with Crippen LogP contribution >= 0.6 is 0 Å². The number of carbonyl (C=O) groups is 2. The van der Waals surface area contributed by atoms with E-state index < -0.39 is 11.8 Å². The van der Waals surface area contributed by atoms with E-state index in [1.807, 2.05) is 36.4 Å². The third kappa shape index (κ3) is 3.80. The molecule has 0 aliphatic rings. The number of hydrazine groups is 1. The van der Waals surface area contributed by atoms with Crippen molar-refractivity contribution < 1.29 is 14.3 Å². The molecule has 0 fully saturated rings. The molecule has 0 radical (unpaired) electrons. The van der Waals surface area contributed by atoms with Gasteiger partial charge in [0.1, 0.15) is 5.75 Å². The van der Waals surface area contributed by atoms with E-state index in [2.05, 4.69) is 15.8 Å². The second kappa shape index (κ2) is 7.65. The zero-order valence-electron chi connectivity index (χ0n) is 14.5. The van der Waals surface area contributed by atoms with Crippen molar-refractivity contribution in [2.75, 3.05) is 7.11 Å². The number of benzene rings is 2. The summed E-state index contributed by atoms with van der Waals surface area (Å²) < 4.78 is 5.22. The number of fused-ring (bicyclic) bond motifs is 1. The molecule has 0 unspecified atom stereocenters. The van der Waals surface area contributed by atoms with E-state index >= 15 is 0 Å². The van der Waals surface area contributed by atoms with Crippen molar-refractivity contribution in [1.29, 1.82) is 0 Å². The number of aromatic nitrogens is 1. The molecule has 1 atom stereocenters. The Hall–Kier alpha value is -3.41. The van der Waals surface area contributed by atoms with E-state index in [9.17, 15) is 9.59 Å². The quantitative estimate of drug-likeness (QED) is 0.710. The van der Waals surface area contributed by atoms with Crippen molar-refractivity contribution in [3.63, 3.8) is 0 Å². The molecule has 132 valence electrons. The highest BCUT2D eigenvalue weighted by molar-refractivity contribution is 5.96. The summed E-state index contributed by atoms with van der Waals surface area (Å²) in [7, 11) is 1.63. The molecule has 6 heteroatoms. The summed E-state index contributed by atoms with van der Waals surface area (Å²) >= 11 is 0. The van der Waals surface area contributed by atoms with Crippen LogP contribution in [0.2, 0.25) is 0 Å². The average Bonchev–Trinajstić information content (AvgIpc) is 2.70. The van der Waals surface area contributed by atoms with E-state index in [0.717, 1.165) is 22.1 Å². The van der Waals surface area contributed by atoms with Gasteiger partial charge in [-0.15, -0.1) is 0 Å². The molecule has 2 aromatic carbocycles. The number of amides is 2. The van der Waals surface area contributed by atoms with Crippen LogP contribution in [0.1, 0.15) is 28.8 Å². The van der Waals surface area contributed by atoms with E-state index in [0.29, 0.717) is 5.56 Å². The number of ether oxygens (including phenoxy) is 1. The minimum Gasteiger partial charge on any atom is -0.497 e. The second-order valence-corrected chi connectivity index (χ2v) is 5.88. The molecule has 0 spiro atoms. The molecule has 3 rings (SSSR count). The van der Waals surface area contributed by atoms with Gasteiger partial charge in [-0.2, -0.15) is 0 Å². The predicted molar refractivity (Wildman–Crippen MR) is 98.8 cm³/mol. The van der Waals surface area contributed by atoms with Gasteiger partial charge in [0.2, 0.25) is 5.91 Å². The monoisotopic (exact) mass is 349 g/mol. The summed E-state index contributed by atoms with van der Waals surface area (Å²) in [6.07, 6.45) is 3.01. The number of hydrogen-bond donors (Lipinski definition) is 2. The Kier molecular flexibility index (Phi) is 5.12. The fourth-order valence-corrected chi connectivity index (χ4v) is 2.59. The molecule has 0 bridgehead atoms. The molecule has 2 N–H and O–H groups in total. The Morgan fingerprint density at radius 2 is 1.81 bits per heavy atom. The predicted octanol–water partition coefficient (Wildman–Crippen LogP) is 2.81. The number of carbonyl (C=O) groups excluding carboxylic acids is 2. The molecule has 0 aliphatic heterocycles. The van der Waals surface area contributed by atoms with Gasteiger partial charge in [0.15, 0.2) is 0 Å². The number of hydrogen-bond acceptors (Lipinski definition) is 4. The Balaban J connectivity index is 1.68. The number of nitrogens with zero attached hydrogens (tertiary/aromatic N) is 1. The van der Waals surface area contributed by atoms with Crippen LogP contribution in [0.5, 0.6) is 5.75 Å². The van der Waals surface area contributed by atoms with E-state index in [4.69, 9.17) is 4.74 Å². The van der Waals surface area contributed by atoms with Crippen LogP contribution in [0.3, 0.4) is 0 Å². The van der Waals surface area contributed by atoms with Crippen molar-refractivity contribution in [1.82, 2.24) is 15.8 Å². The Morgan fingerprint density at radius 1 is 1.04 bits per heavy atom. The van der Waals surface area contributed by atoms with Crippen LogP contribution in [0.25, 0.3) is 10.8 Å². The second-order valence-electron chi connectivity index (χ2n) is 5.88. The van der Waals surface area contributed by atoms with Gasteiger partial charge < -0.3 is 4.74 Å². The average molecular weight is 349 g/mol. The molecule has 0 saturated heterocycles. The first-order valence-corrected chi connectivity index (χ1v) is 8.16. The SMILES string of the molecule is COc1ccc2cc([C@@H](C)C(=O)NNC(=O)c3cccnc3)ccc2c1. The summed E-state index contributed by atoms with van der Waals surface area (Å²) in [5.74, 6) is -0.343. The fourth-order valence-electron chi connectivity index (χ4n) is 2.59. The Labute approximate surface area is 151 Å². The van der Waals surface area contributed by atoms with Gasteiger partial charge in [-0.05, 0) is 47.5 Å². The van der Waals surface area contributed by atoms with Gasteiger partial charge in [-0.3, -0.25) is 25.4 Å². The molecule has 0 saturated carbocycles. The summed E-state index contributed by atoms with van der Waals surface area (Å²) in [5.41, 5.74) is 6.10. The van der Waals surface area contributed by atoms with Gasteiger partial charge in [0.05, 0.1) is 18.6 Å². The maximum atomic E-state index is 12.4. The number of nitrogens with one attached hydrogen (secondary N) is 2. The van der Waals surface area contributed by atoms with Crippen LogP contribution in [-0.2, 0) is 4.79 Å². The minimum absolute atomic E-state index is 0.296. The first-order valence-electron chi connectivity index (χ1n) is 8.16. The van der Waals surface area contributed by atoms with Crippen molar-refractivity contribution in [3.05, 3.63) is 72.1 Å². The van der Waals surface area contributed by atoms with Crippen LogP contribution in [-0.4, -0.2) is 23.9 Å². The molecule has 1 heterocycles. The molecule has 0 aliphatic carbocycles. The third-order valence-corrected chi connectivity index (χ3v) is 4.19. The molecule has 26 heavy (non-hydrogen) atoms. The topological polar surface area (TPSA) is 80.3 Å². The largest absolute Gasteiger partial charge is 0.497 e. The third-order valence-electron chi connectivity index (χ3n) is 4.19. The smallest absolute Gasteiger partial charge is 0.271 e. The van der Waals surface area contributed by atoms with E-state index in [1.54, 1.807) is 32.4 Å². The van der Waals surface area contributed by atoms with E-state index in [-0.39, 0.29) is 5.91 Å². The Morgan fingerprint density at radius 3 is 2.54 bits per heavy atom. The van der Waals surface area contributed by atoms with Gasteiger partial charge in [-0.1, -0.05) is 24.3 Å². The van der Waals surface area contributed by atoms with Crippen molar-refractivity contribution in [3.8, 4) is 5.75 Å². The highest BCUT2D eigenvalue weighted by Crippen LogP contribution is 2.25. The van der Waals surface area contributed by atoms with Gasteiger partial charge >= 0.3 is 0 Å². The zero-order valence-corrected chi connectivity index (χ0v) is 14.5. The first-order chi connectivity index (χ1) is 12.6. The summed E-state index contributed by atoms with van der Waals surface area (Å²) in [6, 6.07) is 14.9. The van der Waals surface area contributed by atoms with Gasteiger partial charge in [0, 0.05) is 12.4 Å². The molecular formula is C20H19N3O3. The highest BCUT2D eigenvalue weighted by Gasteiger charge is 2.16. The lowest BCUT2D eigenvalue weighted by Crippen LogP contribution is -2.43. The summed E-state index contributed by atoms with van der Waals surface area (Å²) in [6.45, 7) is 1.79. The summed E-state index contributed by atoms with van der Waals surface area (Å²) in [5, 5.41) is 2.05.